The number of hydrogen-bond donors (Lipinski definition) is 2. The van der Waals surface area contributed by atoms with E-state index in [4.69, 9.17) is 11.6 Å². The van der Waals surface area contributed by atoms with Gasteiger partial charge in [-0.2, -0.15) is 9.97 Å². The van der Waals surface area contributed by atoms with Crippen molar-refractivity contribution < 1.29 is 4.79 Å². The molecule has 8 heteroatoms. The highest BCUT2D eigenvalue weighted by atomic mass is 35.5. The van der Waals surface area contributed by atoms with E-state index >= 15 is 0 Å². The highest BCUT2D eigenvalue weighted by molar-refractivity contribution is 6.28. The Balaban J connectivity index is 1.62. The number of amides is 1. The number of imidazole rings is 1. The average Bonchev–Trinajstić information content (AvgIpc) is 3.09. The van der Waals surface area contributed by atoms with E-state index in [0.29, 0.717) is 18.1 Å². The lowest BCUT2D eigenvalue weighted by Crippen LogP contribution is -2.45. The molecule has 0 saturated carbocycles. The van der Waals surface area contributed by atoms with Gasteiger partial charge in [0.25, 0.3) is 0 Å². The van der Waals surface area contributed by atoms with Crippen LogP contribution in [0.2, 0.25) is 5.28 Å². The minimum absolute atomic E-state index is 0.0435. The Kier molecular flexibility index (Phi) is 6.52. The fraction of sp³-hybridized carbons (Fsp3) is 0.684. The van der Waals surface area contributed by atoms with E-state index in [9.17, 15) is 4.79 Å². The van der Waals surface area contributed by atoms with Crippen LogP contribution in [-0.4, -0.2) is 45.0 Å². The first kappa shape index (κ1) is 19.9. The van der Waals surface area contributed by atoms with Crippen molar-refractivity contribution in [3.8, 4) is 0 Å². The minimum Gasteiger partial charge on any atom is -0.354 e. The summed E-state index contributed by atoms with van der Waals surface area (Å²) in [6.07, 6.45) is 6.80. The molecule has 0 radical (unpaired) electrons. The number of anilines is 1. The fourth-order valence-corrected chi connectivity index (χ4v) is 3.83. The van der Waals surface area contributed by atoms with Crippen molar-refractivity contribution >= 4 is 34.5 Å². The standard InChI is InChI=1S/C19H29ClN6O/c1-12(2)6-4-7-13(3)23-18(27)14-8-5-9-26(10-14)17-15-16(22-11-21-15)24-19(20)25-17/h11-14H,4-10H2,1-3H3,(H,23,27)(H,21,22,24,25)/t13-,14+/m1/s1. The van der Waals surface area contributed by atoms with Gasteiger partial charge in [-0.1, -0.05) is 26.7 Å². The molecule has 1 fully saturated rings. The number of nitrogens with zero attached hydrogens (tertiary/aromatic N) is 4. The maximum Gasteiger partial charge on any atom is 0.226 e. The van der Waals surface area contributed by atoms with Crippen molar-refractivity contribution in [3.05, 3.63) is 11.6 Å². The van der Waals surface area contributed by atoms with Crippen molar-refractivity contribution in [1.82, 2.24) is 25.3 Å². The van der Waals surface area contributed by atoms with Crippen LogP contribution in [0.15, 0.2) is 6.33 Å². The number of carbonyl (C=O) groups excluding carboxylic acids is 1. The largest absolute Gasteiger partial charge is 0.354 e. The molecule has 1 saturated heterocycles. The van der Waals surface area contributed by atoms with Crippen molar-refractivity contribution in [2.24, 2.45) is 11.8 Å². The van der Waals surface area contributed by atoms with E-state index in [2.05, 4.69) is 50.9 Å². The smallest absolute Gasteiger partial charge is 0.226 e. The van der Waals surface area contributed by atoms with Crippen molar-refractivity contribution in [1.29, 1.82) is 0 Å². The molecule has 2 aromatic rings. The molecule has 3 rings (SSSR count). The zero-order valence-electron chi connectivity index (χ0n) is 16.3. The number of rotatable bonds is 7. The van der Waals surface area contributed by atoms with E-state index in [1.807, 2.05) is 0 Å². The third-order valence-electron chi connectivity index (χ3n) is 5.14. The van der Waals surface area contributed by atoms with Crippen molar-refractivity contribution in [3.63, 3.8) is 0 Å². The summed E-state index contributed by atoms with van der Waals surface area (Å²) >= 11 is 6.06. The van der Waals surface area contributed by atoms with Gasteiger partial charge in [0.2, 0.25) is 11.2 Å². The third-order valence-corrected chi connectivity index (χ3v) is 5.31. The summed E-state index contributed by atoms with van der Waals surface area (Å²) in [5.74, 6) is 1.53. The second kappa shape index (κ2) is 8.87. The van der Waals surface area contributed by atoms with Crippen LogP contribution in [0.4, 0.5) is 5.82 Å². The molecule has 148 valence electrons. The van der Waals surface area contributed by atoms with Crippen LogP contribution in [0.25, 0.3) is 11.2 Å². The van der Waals surface area contributed by atoms with Gasteiger partial charge >= 0.3 is 0 Å². The maximum absolute atomic E-state index is 12.7. The Labute approximate surface area is 165 Å². The molecule has 0 spiro atoms. The van der Waals surface area contributed by atoms with Gasteiger partial charge in [-0.15, -0.1) is 0 Å². The molecule has 2 N–H and O–H groups in total. The molecular formula is C19H29ClN6O. The molecule has 1 aliphatic heterocycles. The van der Waals surface area contributed by atoms with E-state index in [0.717, 1.165) is 43.6 Å². The number of halogens is 1. The monoisotopic (exact) mass is 392 g/mol. The average molecular weight is 393 g/mol. The van der Waals surface area contributed by atoms with E-state index in [-0.39, 0.29) is 23.2 Å². The summed E-state index contributed by atoms with van der Waals surface area (Å²) in [6, 6.07) is 0.208. The molecule has 2 atom stereocenters. The lowest BCUT2D eigenvalue weighted by Gasteiger charge is -2.33. The van der Waals surface area contributed by atoms with E-state index < -0.39 is 0 Å². The Bertz CT molecular complexity index is 777. The second-order valence-corrected chi connectivity index (χ2v) is 8.28. The predicted molar refractivity (Wildman–Crippen MR) is 108 cm³/mol. The molecule has 3 heterocycles. The van der Waals surface area contributed by atoms with Crippen molar-refractivity contribution in [2.45, 2.75) is 58.9 Å². The normalized spacial score (nSPS) is 18.9. The lowest BCUT2D eigenvalue weighted by atomic mass is 9.96. The van der Waals surface area contributed by atoms with Crippen LogP contribution in [-0.2, 0) is 4.79 Å². The molecule has 0 aliphatic carbocycles. The van der Waals surface area contributed by atoms with Crippen molar-refractivity contribution in [2.75, 3.05) is 18.0 Å². The van der Waals surface area contributed by atoms with Gasteiger partial charge in [0, 0.05) is 19.1 Å². The number of carbonyl (C=O) groups is 1. The molecule has 2 aromatic heterocycles. The first-order valence-corrected chi connectivity index (χ1v) is 10.2. The van der Waals surface area contributed by atoms with Gasteiger partial charge in [-0.3, -0.25) is 4.79 Å². The summed E-state index contributed by atoms with van der Waals surface area (Å²) in [5.41, 5.74) is 1.32. The summed E-state index contributed by atoms with van der Waals surface area (Å²) in [7, 11) is 0. The Morgan fingerprint density at radius 3 is 2.96 bits per heavy atom. The predicted octanol–water partition coefficient (Wildman–Crippen LogP) is 3.55. The fourth-order valence-electron chi connectivity index (χ4n) is 3.67. The first-order valence-electron chi connectivity index (χ1n) is 9.86. The number of fused-ring (bicyclic) bond motifs is 1. The Morgan fingerprint density at radius 1 is 1.37 bits per heavy atom. The van der Waals surface area contributed by atoms with Gasteiger partial charge in [0.1, 0.15) is 5.52 Å². The van der Waals surface area contributed by atoms with Gasteiger partial charge < -0.3 is 15.2 Å². The van der Waals surface area contributed by atoms with E-state index in [1.54, 1.807) is 6.33 Å². The zero-order valence-corrected chi connectivity index (χ0v) is 17.1. The van der Waals surface area contributed by atoms with Crippen LogP contribution in [0, 0.1) is 11.8 Å². The van der Waals surface area contributed by atoms with E-state index in [1.165, 1.54) is 6.42 Å². The number of piperidine rings is 1. The van der Waals surface area contributed by atoms with Crippen LogP contribution >= 0.6 is 11.6 Å². The van der Waals surface area contributed by atoms with Gasteiger partial charge in [-0.25, -0.2) is 4.98 Å². The first-order chi connectivity index (χ1) is 12.9. The SMILES string of the molecule is CC(C)CCC[C@@H](C)NC(=O)[C@H]1CCCN(c2nc(Cl)nc3nc[nH]c23)C1. The van der Waals surface area contributed by atoms with Gasteiger partial charge in [0.15, 0.2) is 11.5 Å². The van der Waals surface area contributed by atoms with Crippen LogP contribution < -0.4 is 10.2 Å². The number of aromatic nitrogens is 4. The summed E-state index contributed by atoms with van der Waals surface area (Å²) in [5, 5.41) is 3.37. The van der Waals surface area contributed by atoms with Gasteiger partial charge in [-0.05, 0) is 43.7 Å². The zero-order chi connectivity index (χ0) is 19.4. The molecule has 27 heavy (non-hydrogen) atoms. The topological polar surface area (TPSA) is 86.8 Å². The summed E-state index contributed by atoms with van der Waals surface area (Å²) < 4.78 is 0. The molecule has 0 aromatic carbocycles. The Hall–Kier alpha value is -1.89. The molecule has 1 aliphatic rings. The van der Waals surface area contributed by atoms with Crippen LogP contribution in [0.1, 0.15) is 52.9 Å². The molecule has 1 amide bonds. The molecule has 0 bridgehead atoms. The molecule has 0 unspecified atom stereocenters. The highest BCUT2D eigenvalue weighted by Crippen LogP contribution is 2.27. The summed E-state index contributed by atoms with van der Waals surface area (Å²) in [4.78, 5) is 30.6. The Morgan fingerprint density at radius 2 is 2.19 bits per heavy atom. The number of nitrogens with one attached hydrogen (secondary N) is 2. The van der Waals surface area contributed by atoms with Crippen LogP contribution in [0.3, 0.4) is 0 Å². The lowest BCUT2D eigenvalue weighted by molar-refractivity contribution is -0.125. The number of hydrogen-bond acceptors (Lipinski definition) is 5. The third kappa shape index (κ3) is 5.09. The van der Waals surface area contributed by atoms with Crippen LogP contribution in [0.5, 0.6) is 0 Å². The second-order valence-electron chi connectivity index (χ2n) is 7.94. The summed E-state index contributed by atoms with van der Waals surface area (Å²) in [6.45, 7) is 8.03. The number of aromatic amines is 1. The molecule has 7 nitrogen and oxygen atoms in total. The number of H-pyrrole nitrogens is 1. The van der Waals surface area contributed by atoms with Gasteiger partial charge in [0.05, 0.1) is 12.2 Å². The maximum atomic E-state index is 12.7. The quantitative estimate of drug-likeness (QED) is 0.703. The minimum atomic E-state index is -0.0435. The highest BCUT2D eigenvalue weighted by Gasteiger charge is 2.28. The molecular weight excluding hydrogens is 364 g/mol.